The molecule has 0 radical (unpaired) electrons. The van der Waals surface area contributed by atoms with Gasteiger partial charge in [-0.3, -0.25) is 5.10 Å². The SMILES string of the molecule is Ic1cc(N2C3CCC2COC3)nc2[nH]ncc12. The number of aromatic nitrogens is 3. The van der Waals surface area contributed by atoms with Gasteiger partial charge in [-0.2, -0.15) is 5.10 Å². The predicted molar refractivity (Wildman–Crippen MR) is 76.7 cm³/mol. The third kappa shape index (κ3) is 1.55. The van der Waals surface area contributed by atoms with Crippen molar-refractivity contribution in [3.63, 3.8) is 0 Å². The summed E-state index contributed by atoms with van der Waals surface area (Å²) in [5.41, 5.74) is 0.878. The van der Waals surface area contributed by atoms with E-state index >= 15 is 0 Å². The number of fused-ring (bicyclic) bond motifs is 3. The molecule has 2 aliphatic heterocycles. The van der Waals surface area contributed by atoms with Gasteiger partial charge in [-0.15, -0.1) is 0 Å². The topological polar surface area (TPSA) is 54.0 Å². The van der Waals surface area contributed by atoms with E-state index < -0.39 is 0 Å². The number of hydrogen-bond acceptors (Lipinski definition) is 4. The first-order valence-corrected chi connectivity index (χ1v) is 7.26. The molecule has 0 amide bonds. The van der Waals surface area contributed by atoms with Crippen LogP contribution >= 0.6 is 22.6 Å². The minimum atomic E-state index is 0.493. The summed E-state index contributed by atoms with van der Waals surface area (Å²) in [5.74, 6) is 1.06. The summed E-state index contributed by atoms with van der Waals surface area (Å²) in [6, 6.07) is 3.15. The lowest BCUT2D eigenvalue weighted by Crippen LogP contribution is -2.46. The molecule has 4 heterocycles. The zero-order chi connectivity index (χ0) is 12.1. The molecular weight excluding hydrogens is 343 g/mol. The Morgan fingerprint density at radius 2 is 2.11 bits per heavy atom. The van der Waals surface area contributed by atoms with E-state index in [1.165, 1.54) is 16.4 Å². The Hall–Kier alpha value is -0.890. The number of hydrogen-bond donors (Lipinski definition) is 1. The number of halogens is 1. The fraction of sp³-hybridized carbons (Fsp3) is 0.500. The van der Waals surface area contributed by atoms with Crippen LogP contribution < -0.4 is 4.90 Å². The highest BCUT2D eigenvalue weighted by Gasteiger charge is 2.38. The first-order valence-electron chi connectivity index (χ1n) is 6.18. The highest BCUT2D eigenvalue weighted by molar-refractivity contribution is 14.1. The number of ether oxygens (including phenoxy) is 1. The van der Waals surface area contributed by atoms with Crippen molar-refractivity contribution in [3.8, 4) is 0 Å². The maximum absolute atomic E-state index is 5.62. The molecule has 2 aromatic rings. The number of aromatic amines is 1. The van der Waals surface area contributed by atoms with Gasteiger partial charge in [0.05, 0.1) is 36.9 Å². The first-order chi connectivity index (χ1) is 8.83. The molecular formula is C12H13IN4O. The number of morpholine rings is 1. The molecule has 2 unspecified atom stereocenters. The lowest BCUT2D eigenvalue weighted by atomic mass is 10.2. The Bertz CT molecular complexity index is 583. The fourth-order valence-electron chi connectivity index (χ4n) is 3.01. The van der Waals surface area contributed by atoms with Crippen LogP contribution in [0.3, 0.4) is 0 Å². The Morgan fingerprint density at radius 3 is 2.89 bits per heavy atom. The third-order valence-corrected chi connectivity index (χ3v) is 4.76. The van der Waals surface area contributed by atoms with E-state index in [2.05, 4.69) is 43.8 Å². The average Bonchev–Trinajstić information content (AvgIpc) is 2.92. The van der Waals surface area contributed by atoms with Gasteiger partial charge in [0.25, 0.3) is 0 Å². The Morgan fingerprint density at radius 1 is 1.33 bits per heavy atom. The monoisotopic (exact) mass is 356 g/mol. The van der Waals surface area contributed by atoms with Gasteiger partial charge in [0.1, 0.15) is 5.82 Å². The van der Waals surface area contributed by atoms with Gasteiger partial charge in [0, 0.05) is 3.57 Å². The van der Waals surface area contributed by atoms with Crippen molar-refractivity contribution in [1.82, 2.24) is 15.2 Å². The van der Waals surface area contributed by atoms with Gasteiger partial charge in [-0.25, -0.2) is 4.98 Å². The average molecular weight is 356 g/mol. The molecule has 5 nitrogen and oxygen atoms in total. The second-order valence-corrected chi connectivity index (χ2v) is 6.09. The van der Waals surface area contributed by atoms with Crippen LogP contribution in [-0.2, 0) is 4.74 Å². The molecule has 6 heteroatoms. The molecule has 2 bridgehead atoms. The van der Waals surface area contributed by atoms with Crippen LogP contribution in [0.1, 0.15) is 12.8 Å². The lowest BCUT2D eigenvalue weighted by Gasteiger charge is -2.35. The summed E-state index contributed by atoms with van der Waals surface area (Å²) in [6.07, 6.45) is 4.26. The van der Waals surface area contributed by atoms with Crippen LogP contribution in [-0.4, -0.2) is 40.5 Å². The Kier molecular flexibility index (Phi) is 2.47. The Balaban J connectivity index is 1.82. The first kappa shape index (κ1) is 11.0. The van der Waals surface area contributed by atoms with Crippen molar-refractivity contribution in [2.45, 2.75) is 24.9 Å². The van der Waals surface area contributed by atoms with E-state index in [0.29, 0.717) is 12.1 Å². The zero-order valence-electron chi connectivity index (χ0n) is 9.77. The molecule has 2 saturated heterocycles. The van der Waals surface area contributed by atoms with E-state index in [1.54, 1.807) is 0 Å². The maximum Gasteiger partial charge on any atom is 0.158 e. The molecule has 0 aromatic carbocycles. The summed E-state index contributed by atoms with van der Waals surface area (Å²) in [6.45, 7) is 1.66. The van der Waals surface area contributed by atoms with Gasteiger partial charge < -0.3 is 9.64 Å². The molecule has 2 atom stereocenters. The number of H-pyrrole nitrogens is 1. The summed E-state index contributed by atoms with van der Waals surface area (Å²) in [7, 11) is 0. The van der Waals surface area contributed by atoms with Crippen molar-refractivity contribution in [2.75, 3.05) is 18.1 Å². The molecule has 18 heavy (non-hydrogen) atoms. The van der Waals surface area contributed by atoms with Gasteiger partial charge >= 0.3 is 0 Å². The van der Waals surface area contributed by atoms with E-state index in [9.17, 15) is 0 Å². The number of pyridine rings is 1. The quantitative estimate of drug-likeness (QED) is 0.794. The molecule has 2 aromatic heterocycles. The van der Waals surface area contributed by atoms with Crippen molar-refractivity contribution in [2.24, 2.45) is 0 Å². The van der Waals surface area contributed by atoms with E-state index in [1.807, 2.05) is 6.20 Å². The smallest absolute Gasteiger partial charge is 0.158 e. The summed E-state index contributed by atoms with van der Waals surface area (Å²) < 4.78 is 6.82. The molecule has 2 aliphatic rings. The van der Waals surface area contributed by atoms with Gasteiger partial charge in [0.2, 0.25) is 0 Å². The van der Waals surface area contributed by atoms with Crippen LogP contribution in [0.25, 0.3) is 11.0 Å². The van der Waals surface area contributed by atoms with Crippen molar-refractivity contribution >= 4 is 39.4 Å². The summed E-state index contributed by atoms with van der Waals surface area (Å²) in [4.78, 5) is 7.14. The largest absolute Gasteiger partial charge is 0.377 e. The van der Waals surface area contributed by atoms with Crippen LogP contribution in [0.2, 0.25) is 0 Å². The minimum Gasteiger partial charge on any atom is -0.377 e. The standard InChI is InChI=1S/C12H13IN4O/c13-10-3-11(15-12-9(10)4-14-16-12)17-7-1-2-8(17)6-18-5-7/h3-4,7-8H,1-2,5-6H2,(H,14,15,16). The fourth-order valence-corrected chi connectivity index (χ4v) is 3.69. The summed E-state index contributed by atoms with van der Waals surface area (Å²) in [5, 5.41) is 8.13. The zero-order valence-corrected chi connectivity index (χ0v) is 11.9. The Labute approximate surface area is 118 Å². The van der Waals surface area contributed by atoms with E-state index in [4.69, 9.17) is 9.72 Å². The third-order valence-electron chi connectivity index (χ3n) is 3.86. The minimum absolute atomic E-state index is 0.493. The predicted octanol–water partition coefficient (Wildman–Crippen LogP) is 1.93. The van der Waals surface area contributed by atoms with Crippen LogP contribution in [0, 0.1) is 3.57 Å². The van der Waals surface area contributed by atoms with Crippen LogP contribution in [0.4, 0.5) is 5.82 Å². The van der Waals surface area contributed by atoms with E-state index in [0.717, 1.165) is 30.1 Å². The molecule has 2 fully saturated rings. The van der Waals surface area contributed by atoms with Crippen molar-refractivity contribution in [1.29, 1.82) is 0 Å². The molecule has 0 aliphatic carbocycles. The second kappa shape index (κ2) is 4.06. The van der Waals surface area contributed by atoms with E-state index in [-0.39, 0.29) is 0 Å². The number of rotatable bonds is 1. The van der Waals surface area contributed by atoms with Crippen molar-refractivity contribution in [3.05, 3.63) is 15.8 Å². The highest BCUT2D eigenvalue weighted by atomic mass is 127. The van der Waals surface area contributed by atoms with Gasteiger partial charge in [-0.1, -0.05) is 0 Å². The molecule has 1 N–H and O–H groups in total. The highest BCUT2D eigenvalue weighted by Crippen LogP contribution is 2.34. The summed E-state index contributed by atoms with van der Waals surface area (Å²) >= 11 is 2.35. The second-order valence-electron chi connectivity index (χ2n) is 4.92. The molecule has 94 valence electrons. The normalized spacial score (nSPS) is 27.1. The number of nitrogens with zero attached hydrogens (tertiary/aromatic N) is 3. The van der Waals surface area contributed by atoms with Gasteiger partial charge in [-0.05, 0) is 41.5 Å². The van der Waals surface area contributed by atoms with Crippen LogP contribution in [0.5, 0.6) is 0 Å². The molecule has 4 rings (SSSR count). The van der Waals surface area contributed by atoms with Crippen molar-refractivity contribution < 1.29 is 4.74 Å². The number of anilines is 1. The molecule has 0 saturated carbocycles. The number of nitrogens with one attached hydrogen (secondary N) is 1. The maximum atomic E-state index is 5.62. The van der Waals surface area contributed by atoms with Gasteiger partial charge in [0.15, 0.2) is 5.65 Å². The lowest BCUT2D eigenvalue weighted by molar-refractivity contribution is 0.0902. The molecule has 0 spiro atoms. The van der Waals surface area contributed by atoms with Crippen LogP contribution in [0.15, 0.2) is 12.3 Å².